The van der Waals surface area contributed by atoms with E-state index in [1.807, 2.05) is 12.3 Å². The number of carbonyl (C=O) groups is 1. The third-order valence-electron chi connectivity index (χ3n) is 4.20. The highest BCUT2D eigenvalue weighted by Crippen LogP contribution is 2.25. The molecule has 1 aromatic carbocycles. The van der Waals surface area contributed by atoms with Gasteiger partial charge < -0.3 is 5.32 Å². The van der Waals surface area contributed by atoms with Gasteiger partial charge in [0.1, 0.15) is 5.01 Å². The molecule has 1 aliphatic rings. The minimum atomic E-state index is -3.61. The molecule has 140 valence electrons. The molecule has 6 nitrogen and oxygen atoms in total. The van der Waals surface area contributed by atoms with Gasteiger partial charge in [-0.05, 0) is 38.0 Å². The van der Waals surface area contributed by atoms with E-state index in [4.69, 9.17) is 11.6 Å². The van der Waals surface area contributed by atoms with E-state index in [-0.39, 0.29) is 22.0 Å². The molecule has 0 aliphatic carbocycles. The molecule has 3 rings (SSSR count). The molecule has 0 bridgehead atoms. The number of sulfonamides is 1. The maximum Gasteiger partial charge on any atom is 0.253 e. The predicted molar refractivity (Wildman–Crippen MR) is 102 cm³/mol. The fourth-order valence-electron chi connectivity index (χ4n) is 2.83. The van der Waals surface area contributed by atoms with Gasteiger partial charge in [0.25, 0.3) is 5.91 Å². The van der Waals surface area contributed by atoms with Crippen LogP contribution in [0.25, 0.3) is 0 Å². The average Bonchev–Trinajstić information content (AvgIpc) is 3.06. The summed E-state index contributed by atoms with van der Waals surface area (Å²) in [6.45, 7) is 3.18. The van der Waals surface area contributed by atoms with E-state index in [1.54, 1.807) is 0 Å². The van der Waals surface area contributed by atoms with Crippen LogP contribution in [0, 0.1) is 6.92 Å². The lowest BCUT2D eigenvalue weighted by Crippen LogP contribution is -2.35. The number of aromatic nitrogens is 1. The molecule has 0 radical (unpaired) electrons. The Morgan fingerprint density at radius 1 is 1.31 bits per heavy atom. The minimum Gasteiger partial charge on any atom is -0.345 e. The second-order valence-corrected chi connectivity index (χ2v) is 9.46. The summed E-state index contributed by atoms with van der Waals surface area (Å²) in [6.07, 6.45) is 2.75. The van der Waals surface area contributed by atoms with E-state index in [0.717, 1.165) is 30.0 Å². The van der Waals surface area contributed by atoms with Gasteiger partial charge in [-0.3, -0.25) is 4.79 Å². The Bertz CT molecular complexity index is 906. The van der Waals surface area contributed by atoms with E-state index in [1.165, 1.54) is 33.8 Å². The third kappa shape index (κ3) is 4.25. The van der Waals surface area contributed by atoms with E-state index < -0.39 is 15.9 Å². The van der Waals surface area contributed by atoms with Gasteiger partial charge in [-0.1, -0.05) is 18.0 Å². The van der Waals surface area contributed by atoms with E-state index in [0.29, 0.717) is 13.1 Å². The highest BCUT2D eigenvalue weighted by atomic mass is 35.5. The van der Waals surface area contributed by atoms with Crippen LogP contribution in [0.4, 0.5) is 0 Å². The summed E-state index contributed by atoms with van der Waals surface area (Å²) >= 11 is 7.59. The van der Waals surface area contributed by atoms with Crippen LogP contribution in [0.2, 0.25) is 5.02 Å². The van der Waals surface area contributed by atoms with Crippen LogP contribution in [-0.2, 0) is 16.6 Å². The van der Waals surface area contributed by atoms with Gasteiger partial charge in [0, 0.05) is 24.2 Å². The molecule has 1 saturated heterocycles. The van der Waals surface area contributed by atoms with E-state index >= 15 is 0 Å². The summed E-state index contributed by atoms with van der Waals surface area (Å²) in [4.78, 5) is 16.9. The maximum absolute atomic E-state index is 12.8. The van der Waals surface area contributed by atoms with Crippen molar-refractivity contribution in [1.29, 1.82) is 0 Å². The molecule has 9 heteroatoms. The number of amides is 1. The lowest BCUT2D eigenvalue weighted by molar-refractivity contribution is 0.0951. The molecule has 1 aromatic heterocycles. The molecule has 0 spiro atoms. The van der Waals surface area contributed by atoms with Crippen LogP contribution in [0.5, 0.6) is 0 Å². The van der Waals surface area contributed by atoms with Crippen LogP contribution in [0.3, 0.4) is 0 Å². The Labute approximate surface area is 162 Å². The van der Waals surface area contributed by atoms with Gasteiger partial charge in [-0.15, -0.1) is 11.3 Å². The number of nitrogens with one attached hydrogen (secondary N) is 1. The van der Waals surface area contributed by atoms with Crippen molar-refractivity contribution in [3.63, 3.8) is 0 Å². The van der Waals surface area contributed by atoms with Crippen molar-refractivity contribution in [1.82, 2.24) is 14.6 Å². The van der Waals surface area contributed by atoms with Crippen molar-refractivity contribution in [2.45, 2.75) is 37.6 Å². The highest BCUT2D eigenvalue weighted by Gasteiger charge is 2.27. The smallest absolute Gasteiger partial charge is 0.253 e. The van der Waals surface area contributed by atoms with Crippen molar-refractivity contribution in [2.24, 2.45) is 0 Å². The molecule has 0 saturated carbocycles. The molecule has 1 aliphatic heterocycles. The first kappa shape index (κ1) is 19.3. The zero-order chi connectivity index (χ0) is 18.7. The lowest BCUT2D eigenvalue weighted by atomic mass is 10.2. The number of hydrogen-bond donors (Lipinski definition) is 1. The minimum absolute atomic E-state index is 0.0963. The molecule has 2 heterocycles. The summed E-state index contributed by atoms with van der Waals surface area (Å²) in [5.74, 6) is -0.418. The van der Waals surface area contributed by atoms with Crippen LogP contribution >= 0.6 is 22.9 Å². The topological polar surface area (TPSA) is 79.4 Å². The van der Waals surface area contributed by atoms with Crippen LogP contribution < -0.4 is 5.32 Å². The lowest BCUT2D eigenvalue weighted by Gasteiger charge is -2.26. The number of piperidine rings is 1. The van der Waals surface area contributed by atoms with E-state index in [9.17, 15) is 13.2 Å². The summed E-state index contributed by atoms with van der Waals surface area (Å²) < 4.78 is 27.1. The summed E-state index contributed by atoms with van der Waals surface area (Å²) in [5, 5.41) is 5.65. The van der Waals surface area contributed by atoms with E-state index in [2.05, 4.69) is 10.3 Å². The Morgan fingerprint density at radius 3 is 2.69 bits per heavy atom. The first-order valence-electron chi connectivity index (χ1n) is 8.37. The number of halogens is 1. The standard InChI is InChI=1S/C17H20ClN3O3S2/c1-12-11-25-16(20-12)10-19-17(22)14-9-13(5-6-15(14)18)26(23,24)21-7-3-2-4-8-21/h5-6,9,11H,2-4,7-8,10H2,1H3,(H,19,22). The Kier molecular flexibility index (Phi) is 5.96. The Morgan fingerprint density at radius 2 is 2.04 bits per heavy atom. The number of benzene rings is 1. The SMILES string of the molecule is Cc1csc(CNC(=O)c2cc(S(=O)(=O)N3CCCCC3)ccc2Cl)n1. The average molecular weight is 414 g/mol. The monoisotopic (exact) mass is 413 g/mol. The number of nitrogens with zero attached hydrogens (tertiary/aromatic N) is 2. The second-order valence-electron chi connectivity index (χ2n) is 6.17. The first-order valence-corrected chi connectivity index (χ1v) is 11.1. The molecule has 0 unspecified atom stereocenters. The Balaban J connectivity index is 1.79. The van der Waals surface area contributed by atoms with Gasteiger partial charge in [0.05, 0.1) is 22.0 Å². The number of rotatable bonds is 5. The molecule has 2 aromatic rings. The van der Waals surface area contributed by atoms with Gasteiger partial charge in [-0.2, -0.15) is 4.31 Å². The van der Waals surface area contributed by atoms with Gasteiger partial charge >= 0.3 is 0 Å². The van der Waals surface area contributed by atoms with Crippen molar-refractivity contribution < 1.29 is 13.2 Å². The summed E-state index contributed by atoms with van der Waals surface area (Å²) in [5.41, 5.74) is 1.05. The highest BCUT2D eigenvalue weighted by molar-refractivity contribution is 7.89. The molecule has 1 fully saturated rings. The van der Waals surface area contributed by atoms with Gasteiger partial charge in [0.2, 0.25) is 10.0 Å². The van der Waals surface area contributed by atoms with Crippen LogP contribution in [0.1, 0.15) is 40.3 Å². The molecule has 1 amide bonds. The van der Waals surface area contributed by atoms with Crippen molar-refractivity contribution in [3.05, 3.63) is 44.9 Å². The van der Waals surface area contributed by atoms with Crippen molar-refractivity contribution in [3.8, 4) is 0 Å². The number of hydrogen-bond acceptors (Lipinski definition) is 5. The number of carbonyl (C=O) groups excluding carboxylic acids is 1. The van der Waals surface area contributed by atoms with Gasteiger partial charge in [0.15, 0.2) is 0 Å². The normalized spacial score (nSPS) is 15.8. The zero-order valence-corrected chi connectivity index (χ0v) is 16.8. The fourth-order valence-corrected chi connectivity index (χ4v) is 5.29. The van der Waals surface area contributed by atoms with Crippen molar-refractivity contribution >= 4 is 38.9 Å². The second kappa shape index (κ2) is 8.04. The summed E-state index contributed by atoms with van der Waals surface area (Å²) in [7, 11) is -3.61. The third-order valence-corrected chi connectivity index (χ3v) is 7.39. The number of aryl methyl sites for hydroxylation is 1. The quantitative estimate of drug-likeness (QED) is 0.816. The predicted octanol–water partition coefficient (Wildman–Crippen LogP) is 3.21. The largest absolute Gasteiger partial charge is 0.345 e. The Hall–Kier alpha value is -1.48. The van der Waals surface area contributed by atoms with Crippen LogP contribution in [-0.4, -0.2) is 36.7 Å². The molecule has 0 atom stereocenters. The summed E-state index contributed by atoms with van der Waals surface area (Å²) in [6, 6.07) is 4.27. The molecule has 26 heavy (non-hydrogen) atoms. The number of thiazole rings is 1. The first-order chi connectivity index (χ1) is 12.4. The zero-order valence-electron chi connectivity index (χ0n) is 14.4. The molecule has 1 N–H and O–H groups in total. The van der Waals surface area contributed by atoms with Gasteiger partial charge in [-0.25, -0.2) is 13.4 Å². The molecular weight excluding hydrogens is 394 g/mol. The van der Waals surface area contributed by atoms with Crippen molar-refractivity contribution in [2.75, 3.05) is 13.1 Å². The molecular formula is C17H20ClN3O3S2. The van der Waals surface area contributed by atoms with Crippen LogP contribution in [0.15, 0.2) is 28.5 Å². The maximum atomic E-state index is 12.8. The fraction of sp³-hybridized carbons (Fsp3) is 0.412.